The van der Waals surface area contributed by atoms with Gasteiger partial charge in [-0.25, -0.2) is 0 Å². The average Bonchev–Trinajstić information content (AvgIpc) is 2.15. The highest BCUT2D eigenvalue weighted by molar-refractivity contribution is 7.87. The standard InChI is InChI=1S/C8H13FO4S/c1-13-8(10)6-2-4-7(5-3-6)14(9,11)12/h6-7H,2-5H2,1H3. The molecular formula is C8H13FO4S. The van der Waals surface area contributed by atoms with E-state index in [2.05, 4.69) is 4.74 Å². The van der Waals surface area contributed by atoms with Crippen LogP contribution in [0.5, 0.6) is 0 Å². The number of halogens is 1. The second-order valence-electron chi connectivity index (χ2n) is 3.47. The molecule has 0 aromatic rings. The van der Waals surface area contributed by atoms with Crippen LogP contribution in [0.25, 0.3) is 0 Å². The molecule has 0 heterocycles. The summed E-state index contributed by atoms with van der Waals surface area (Å²) in [6.07, 6.45) is 1.19. The van der Waals surface area contributed by atoms with Crippen molar-refractivity contribution < 1.29 is 21.8 Å². The fraction of sp³-hybridized carbons (Fsp3) is 0.875. The summed E-state index contributed by atoms with van der Waals surface area (Å²) in [4.78, 5) is 11.1. The smallest absolute Gasteiger partial charge is 0.308 e. The van der Waals surface area contributed by atoms with Crippen molar-refractivity contribution in [1.82, 2.24) is 0 Å². The number of carbonyl (C=O) groups is 1. The van der Waals surface area contributed by atoms with Gasteiger partial charge in [-0.1, -0.05) is 0 Å². The summed E-state index contributed by atoms with van der Waals surface area (Å²) in [6.45, 7) is 0. The van der Waals surface area contributed by atoms with Gasteiger partial charge in [0.2, 0.25) is 0 Å². The van der Waals surface area contributed by atoms with Gasteiger partial charge in [0.05, 0.1) is 18.3 Å². The lowest BCUT2D eigenvalue weighted by Gasteiger charge is -2.23. The summed E-state index contributed by atoms with van der Waals surface area (Å²) in [6, 6.07) is 0. The summed E-state index contributed by atoms with van der Waals surface area (Å²) in [7, 11) is -3.14. The van der Waals surface area contributed by atoms with Crippen LogP contribution in [0.3, 0.4) is 0 Å². The maximum atomic E-state index is 12.5. The zero-order valence-electron chi connectivity index (χ0n) is 7.90. The van der Waals surface area contributed by atoms with Gasteiger partial charge in [-0.15, -0.1) is 3.89 Å². The fourth-order valence-electron chi connectivity index (χ4n) is 1.75. The van der Waals surface area contributed by atoms with Crippen LogP contribution in [0.1, 0.15) is 25.7 Å². The number of ether oxygens (including phenoxy) is 1. The molecule has 0 aromatic heterocycles. The lowest BCUT2D eigenvalue weighted by atomic mass is 9.89. The predicted molar refractivity (Wildman–Crippen MR) is 47.8 cm³/mol. The molecule has 0 radical (unpaired) electrons. The molecule has 0 amide bonds. The average molecular weight is 224 g/mol. The largest absolute Gasteiger partial charge is 0.469 e. The minimum Gasteiger partial charge on any atom is -0.469 e. The Hall–Kier alpha value is -0.650. The van der Waals surface area contributed by atoms with Gasteiger partial charge in [0.1, 0.15) is 0 Å². The van der Waals surface area contributed by atoms with Crippen LogP contribution < -0.4 is 0 Å². The summed E-state index contributed by atoms with van der Waals surface area (Å²) in [5.74, 6) is -0.599. The van der Waals surface area contributed by atoms with Crippen LogP contribution in [-0.4, -0.2) is 26.7 Å². The zero-order chi connectivity index (χ0) is 10.8. The number of rotatable bonds is 2. The molecule has 14 heavy (non-hydrogen) atoms. The van der Waals surface area contributed by atoms with Gasteiger partial charge < -0.3 is 4.74 Å². The van der Waals surface area contributed by atoms with Crippen molar-refractivity contribution in [2.24, 2.45) is 5.92 Å². The highest BCUT2D eigenvalue weighted by Gasteiger charge is 2.33. The van der Waals surface area contributed by atoms with Gasteiger partial charge >= 0.3 is 16.2 Å². The monoisotopic (exact) mass is 224 g/mol. The van der Waals surface area contributed by atoms with E-state index >= 15 is 0 Å². The Morgan fingerprint density at radius 1 is 1.29 bits per heavy atom. The molecule has 82 valence electrons. The summed E-state index contributed by atoms with van der Waals surface area (Å²) < 4.78 is 38.2. The van der Waals surface area contributed by atoms with Gasteiger partial charge in [-0.3, -0.25) is 4.79 Å². The van der Waals surface area contributed by atoms with Crippen LogP contribution in [0.4, 0.5) is 3.89 Å². The van der Waals surface area contributed by atoms with Crippen molar-refractivity contribution in [1.29, 1.82) is 0 Å². The van der Waals surface area contributed by atoms with E-state index in [1.165, 1.54) is 7.11 Å². The van der Waals surface area contributed by atoms with E-state index in [0.717, 1.165) is 0 Å². The summed E-state index contributed by atoms with van der Waals surface area (Å²) in [5, 5.41) is -0.927. The molecular weight excluding hydrogens is 211 g/mol. The van der Waals surface area contributed by atoms with Crippen molar-refractivity contribution in [2.45, 2.75) is 30.9 Å². The topological polar surface area (TPSA) is 60.4 Å². The number of hydrogen-bond donors (Lipinski definition) is 0. The molecule has 0 atom stereocenters. The first kappa shape index (κ1) is 11.4. The van der Waals surface area contributed by atoms with Crippen molar-refractivity contribution in [3.05, 3.63) is 0 Å². The maximum absolute atomic E-state index is 12.5. The molecule has 0 aliphatic heterocycles. The Balaban J connectivity index is 2.51. The lowest BCUT2D eigenvalue weighted by Crippen LogP contribution is -2.28. The second-order valence-corrected chi connectivity index (χ2v) is 5.09. The number of methoxy groups -OCH3 is 1. The Morgan fingerprint density at radius 3 is 2.14 bits per heavy atom. The zero-order valence-corrected chi connectivity index (χ0v) is 8.72. The molecule has 0 N–H and O–H groups in total. The van der Waals surface area contributed by atoms with Crippen molar-refractivity contribution in [2.75, 3.05) is 7.11 Å². The molecule has 1 aliphatic rings. The van der Waals surface area contributed by atoms with Crippen LogP contribution in [0, 0.1) is 5.92 Å². The van der Waals surface area contributed by atoms with E-state index in [-0.39, 0.29) is 24.7 Å². The maximum Gasteiger partial charge on any atom is 0.308 e. The molecule has 4 nitrogen and oxygen atoms in total. The van der Waals surface area contributed by atoms with Crippen molar-refractivity contribution in [3.63, 3.8) is 0 Å². The highest BCUT2D eigenvalue weighted by atomic mass is 32.3. The van der Waals surface area contributed by atoms with Crippen LogP contribution in [0.15, 0.2) is 0 Å². The van der Waals surface area contributed by atoms with E-state index < -0.39 is 15.5 Å². The number of esters is 1. The molecule has 0 unspecified atom stereocenters. The minimum atomic E-state index is -4.43. The van der Waals surface area contributed by atoms with Crippen molar-refractivity contribution >= 4 is 16.2 Å². The third kappa shape index (κ3) is 2.67. The van der Waals surface area contributed by atoms with Crippen LogP contribution in [0.2, 0.25) is 0 Å². The van der Waals surface area contributed by atoms with Gasteiger partial charge in [0.15, 0.2) is 0 Å². The third-order valence-electron chi connectivity index (χ3n) is 2.61. The molecule has 0 aromatic carbocycles. The quantitative estimate of drug-likeness (QED) is 0.519. The van der Waals surface area contributed by atoms with Gasteiger partial charge in [0.25, 0.3) is 0 Å². The summed E-state index contributed by atoms with van der Waals surface area (Å²) in [5.41, 5.74) is 0. The lowest BCUT2D eigenvalue weighted by molar-refractivity contribution is -0.146. The fourth-order valence-corrected chi connectivity index (χ4v) is 2.58. The van der Waals surface area contributed by atoms with E-state index in [1.807, 2.05) is 0 Å². The molecule has 1 rings (SSSR count). The highest BCUT2D eigenvalue weighted by Crippen LogP contribution is 2.29. The number of hydrogen-bond acceptors (Lipinski definition) is 4. The van der Waals surface area contributed by atoms with E-state index in [0.29, 0.717) is 12.8 Å². The first-order chi connectivity index (χ1) is 6.45. The summed E-state index contributed by atoms with van der Waals surface area (Å²) >= 11 is 0. The molecule has 0 saturated heterocycles. The molecule has 1 aliphatic carbocycles. The minimum absolute atomic E-state index is 0.207. The molecule has 1 saturated carbocycles. The number of carbonyl (C=O) groups excluding carboxylic acids is 1. The van der Waals surface area contributed by atoms with E-state index in [9.17, 15) is 17.1 Å². The van der Waals surface area contributed by atoms with Gasteiger partial charge in [-0.2, -0.15) is 8.42 Å². The van der Waals surface area contributed by atoms with Gasteiger partial charge in [-0.05, 0) is 25.7 Å². The van der Waals surface area contributed by atoms with E-state index in [1.54, 1.807) is 0 Å². The second kappa shape index (κ2) is 4.25. The predicted octanol–water partition coefficient (Wildman–Crippen LogP) is 1.02. The Bertz CT molecular complexity index is 303. The first-order valence-electron chi connectivity index (χ1n) is 4.46. The first-order valence-corrected chi connectivity index (χ1v) is 5.91. The third-order valence-corrected chi connectivity index (χ3v) is 3.87. The van der Waals surface area contributed by atoms with E-state index in [4.69, 9.17) is 0 Å². The van der Waals surface area contributed by atoms with Crippen LogP contribution >= 0.6 is 0 Å². The normalized spacial score (nSPS) is 28.4. The molecule has 1 fully saturated rings. The Labute approximate surface area is 82.6 Å². The van der Waals surface area contributed by atoms with Crippen LogP contribution in [-0.2, 0) is 19.8 Å². The SMILES string of the molecule is COC(=O)C1CCC(S(=O)(=O)F)CC1. The molecule has 0 bridgehead atoms. The Morgan fingerprint density at radius 2 is 1.79 bits per heavy atom. The molecule has 6 heteroatoms. The van der Waals surface area contributed by atoms with Gasteiger partial charge in [0, 0.05) is 0 Å². The Kier molecular flexibility index (Phi) is 3.47. The van der Waals surface area contributed by atoms with Crippen molar-refractivity contribution in [3.8, 4) is 0 Å². The molecule has 0 spiro atoms.